The molecule has 0 aromatic heterocycles. The Balaban J connectivity index is 2.27. The highest BCUT2D eigenvalue weighted by molar-refractivity contribution is 7.89. The maximum Gasteiger partial charge on any atom is 0.255 e. The van der Waals surface area contributed by atoms with Gasteiger partial charge in [-0.15, -0.1) is 0 Å². The number of halogens is 1. The van der Waals surface area contributed by atoms with E-state index in [9.17, 15) is 17.6 Å². The molecule has 0 radical (unpaired) electrons. The molecular formula is C18H21FN2O4S. The number of nitrogens with zero attached hydrogens (tertiary/aromatic N) is 1. The second-order valence-corrected chi connectivity index (χ2v) is 7.60. The standard InChI is InChI=1S/C18H21FN2O4S/c1-3-21(9-10-22)26(24,25)16-6-4-5-14(11-16)18(23)20-15-8-7-13(2)17(19)12-15/h4-8,11-12,22H,3,9-10H2,1-2H3,(H,20,23). The van der Waals surface area contributed by atoms with Gasteiger partial charge in [-0.1, -0.05) is 19.1 Å². The van der Waals surface area contributed by atoms with E-state index < -0.39 is 21.7 Å². The second kappa shape index (κ2) is 8.39. The third-order valence-electron chi connectivity index (χ3n) is 3.87. The first kappa shape index (κ1) is 20.0. The lowest BCUT2D eigenvalue weighted by atomic mass is 10.2. The van der Waals surface area contributed by atoms with E-state index in [1.165, 1.54) is 30.3 Å². The number of aliphatic hydroxyl groups excluding tert-OH is 1. The minimum atomic E-state index is -3.82. The molecule has 0 aliphatic carbocycles. The van der Waals surface area contributed by atoms with Gasteiger partial charge < -0.3 is 10.4 Å². The average Bonchev–Trinajstić information content (AvgIpc) is 2.62. The molecule has 0 atom stereocenters. The van der Waals surface area contributed by atoms with Crippen LogP contribution in [0.5, 0.6) is 0 Å². The zero-order chi connectivity index (χ0) is 19.3. The quantitative estimate of drug-likeness (QED) is 0.772. The monoisotopic (exact) mass is 380 g/mol. The van der Waals surface area contributed by atoms with Gasteiger partial charge in [-0.05, 0) is 42.8 Å². The highest BCUT2D eigenvalue weighted by Gasteiger charge is 2.23. The Bertz CT molecular complexity index is 900. The number of sulfonamides is 1. The number of likely N-dealkylation sites (N-methyl/N-ethyl adjacent to an activating group) is 1. The molecule has 0 saturated carbocycles. The van der Waals surface area contributed by atoms with Gasteiger partial charge >= 0.3 is 0 Å². The zero-order valence-electron chi connectivity index (χ0n) is 14.6. The number of rotatable bonds is 7. The second-order valence-electron chi connectivity index (χ2n) is 5.67. The summed E-state index contributed by atoms with van der Waals surface area (Å²) in [6, 6.07) is 9.89. The summed E-state index contributed by atoms with van der Waals surface area (Å²) in [5.74, 6) is -0.989. The van der Waals surface area contributed by atoms with Gasteiger partial charge in [0.15, 0.2) is 0 Å². The van der Waals surface area contributed by atoms with E-state index in [1.807, 2.05) is 0 Å². The molecule has 26 heavy (non-hydrogen) atoms. The topological polar surface area (TPSA) is 86.7 Å². The van der Waals surface area contributed by atoms with Crippen molar-refractivity contribution in [3.8, 4) is 0 Å². The molecule has 0 heterocycles. The largest absolute Gasteiger partial charge is 0.395 e. The molecule has 0 aliphatic rings. The van der Waals surface area contributed by atoms with Crippen molar-refractivity contribution in [2.45, 2.75) is 18.7 Å². The number of hydrogen-bond donors (Lipinski definition) is 2. The van der Waals surface area contributed by atoms with E-state index in [4.69, 9.17) is 5.11 Å². The van der Waals surface area contributed by atoms with Crippen molar-refractivity contribution < 1.29 is 22.7 Å². The number of carbonyl (C=O) groups excluding carboxylic acids is 1. The van der Waals surface area contributed by atoms with E-state index in [0.29, 0.717) is 5.56 Å². The first-order valence-corrected chi connectivity index (χ1v) is 9.52. The Kier molecular flexibility index (Phi) is 6.47. The molecule has 0 spiro atoms. The molecule has 0 aliphatic heterocycles. The highest BCUT2D eigenvalue weighted by Crippen LogP contribution is 2.19. The van der Waals surface area contributed by atoms with Crippen LogP contribution in [0.15, 0.2) is 47.4 Å². The SMILES string of the molecule is CCN(CCO)S(=O)(=O)c1cccc(C(=O)Nc2ccc(C)c(F)c2)c1. The van der Waals surface area contributed by atoms with Gasteiger partial charge in [-0.25, -0.2) is 12.8 Å². The highest BCUT2D eigenvalue weighted by atomic mass is 32.2. The smallest absolute Gasteiger partial charge is 0.255 e. The zero-order valence-corrected chi connectivity index (χ0v) is 15.4. The Hall–Kier alpha value is -2.29. The molecule has 0 fully saturated rings. The Morgan fingerprint density at radius 1 is 1.23 bits per heavy atom. The van der Waals surface area contributed by atoms with Crippen molar-refractivity contribution in [2.24, 2.45) is 0 Å². The van der Waals surface area contributed by atoms with E-state index in [1.54, 1.807) is 26.0 Å². The first-order chi connectivity index (χ1) is 12.3. The molecule has 0 saturated heterocycles. The molecule has 2 aromatic carbocycles. The summed E-state index contributed by atoms with van der Waals surface area (Å²) in [5.41, 5.74) is 0.869. The lowest BCUT2D eigenvalue weighted by Gasteiger charge is -2.19. The maximum absolute atomic E-state index is 13.6. The maximum atomic E-state index is 13.6. The van der Waals surface area contributed by atoms with Crippen LogP contribution in [-0.4, -0.2) is 43.4 Å². The minimum Gasteiger partial charge on any atom is -0.395 e. The predicted octanol–water partition coefficient (Wildman–Crippen LogP) is 2.39. The molecule has 2 rings (SSSR count). The van der Waals surface area contributed by atoms with Gasteiger partial charge in [-0.2, -0.15) is 4.31 Å². The van der Waals surface area contributed by atoms with Crippen molar-refractivity contribution in [3.05, 3.63) is 59.4 Å². The van der Waals surface area contributed by atoms with Gasteiger partial charge in [0.05, 0.1) is 11.5 Å². The number of amides is 1. The minimum absolute atomic E-state index is 0.0299. The van der Waals surface area contributed by atoms with Gasteiger partial charge in [0.2, 0.25) is 10.0 Å². The number of nitrogens with one attached hydrogen (secondary N) is 1. The fourth-order valence-electron chi connectivity index (χ4n) is 2.38. The Labute approximate surface area is 152 Å². The number of hydrogen-bond acceptors (Lipinski definition) is 4. The molecular weight excluding hydrogens is 359 g/mol. The molecule has 140 valence electrons. The number of carbonyl (C=O) groups is 1. The van der Waals surface area contributed by atoms with Crippen LogP contribution in [0, 0.1) is 12.7 Å². The number of aryl methyl sites for hydroxylation is 1. The van der Waals surface area contributed by atoms with Crippen LogP contribution in [-0.2, 0) is 10.0 Å². The van der Waals surface area contributed by atoms with Crippen LogP contribution in [0.3, 0.4) is 0 Å². The van der Waals surface area contributed by atoms with Crippen LogP contribution in [0.2, 0.25) is 0 Å². The third-order valence-corrected chi connectivity index (χ3v) is 5.84. The van der Waals surface area contributed by atoms with Crippen molar-refractivity contribution in [1.29, 1.82) is 0 Å². The number of benzene rings is 2. The van der Waals surface area contributed by atoms with Crippen molar-refractivity contribution in [2.75, 3.05) is 25.0 Å². The average molecular weight is 380 g/mol. The summed E-state index contributed by atoms with van der Waals surface area (Å²) >= 11 is 0. The summed E-state index contributed by atoms with van der Waals surface area (Å²) in [7, 11) is -3.82. The lowest BCUT2D eigenvalue weighted by Crippen LogP contribution is -2.33. The summed E-state index contributed by atoms with van der Waals surface area (Å²) < 4.78 is 39.9. The van der Waals surface area contributed by atoms with Crippen LogP contribution in [0.1, 0.15) is 22.8 Å². The molecule has 6 nitrogen and oxygen atoms in total. The fourth-order valence-corrected chi connectivity index (χ4v) is 3.87. The summed E-state index contributed by atoms with van der Waals surface area (Å²) in [4.78, 5) is 12.3. The van der Waals surface area contributed by atoms with Crippen molar-refractivity contribution >= 4 is 21.6 Å². The lowest BCUT2D eigenvalue weighted by molar-refractivity contribution is 0.102. The number of aliphatic hydroxyl groups is 1. The van der Waals surface area contributed by atoms with E-state index in [0.717, 1.165) is 4.31 Å². The molecule has 2 N–H and O–H groups in total. The van der Waals surface area contributed by atoms with E-state index in [2.05, 4.69) is 5.32 Å². The molecule has 8 heteroatoms. The molecule has 0 bridgehead atoms. The number of anilines is 1. The Morgan fingerprint density at radius 2 is 1.96 bits per heavy atom. The Morgan fingerprint density at radius 3 is 2.58 bits per heavy atom. The molecule has 0 unspecified atom stereocenters. The van der Waals surface area contributed by atoms with Crippen LogP contribution in [0.4, 0.5) is 10.1 Å². The first-order valence-electron chi connectivity index (χ1n) is 8.08. The van der Waals surface area contributed by atoms with Gasteiger partial charge in [0, 0.05) is 24.3 Å². The predicted molar refractivity (Wildman–Crippen MR) is 97.1 cm³/mol. The summed E-state index contributed by atoms with van der Waals surface area (Å²) in [5, 5.41) is 11.6. The fraction of sp³-hybridized carbons (Fsp3) is 0.278. The summed E-state index contributed by atoms with van der Waals surface area (Å²) in [6.45, 7) is 3.14. The summed E-state index contributed by atoms with van der Waals surface area (Å²) in [6.07, 6.45) is 0. The van der Waals surface area contributed by atoms with Crippen molar-refractivity contribution in [3.63, 3.8) is 0 Å². The van der Waals surface area contributed by atoms with Gasteiger partial charge in [0.25, 0.3) is 5.91 Å². The van der Waals surface area contributed by atoms with Gasteiger partial charge in [0.1, 0.15) is 5.82 Å². The normalized spacial score (nSPS) is 11.6. The van der Waals surface area contributed by atoms with E-state index >= 15 is 0 Å². The van der Waals surface area contributed by atoms with Crippen LogP contribution in [0.25, 0.3) is 0 Å². The molecule has 1 amide bonds. The van der Waals surface area contributed by atoms with Crippen LogP contribution >= 0.6 is 0 Å². The van der Waals surface area contributed by atoms with Crippen molar-refractivity contribution in [1.82, 2.24) is 4.31 Å². The van der Waals surface area contributed by atoms with E-state index in [-0.39, 0.29) is 35.8 Å². The molecule has 2 aromatic rings. The van der Waals surface area contributed by atoms with Crippen LogP contribution < -0.4 is 5.32 Å². The third kappa shape index (κ3) is 4.46. The van der Waals surface area contributed by atoms with Gasteiger partial charge in [-0.3, -0.25) is 4.79 Å².